The fourth-order valence-electron chi connectivity index (χ4n) is 1.89. The second-order valence-electron chi connectivity index (χ2n) is 5.05. The largest absolute Gasteiger partial charge is 0.469 e. The fourth-order valence-corrected chi connectivity index (χ4v) is 2.88. The van der Waals surface area contributed by atoms with Gasteiger partial charge < -0.3 is 14.6 Å². The molecule has 0 unspecified atom stereocenters. The van der Waals surface area contributed by atoms with Gasteiger partial charge in [0.1, 0.15) is 0 Å². The van der Waals surface area contributed by atoms with Crippen molar-refractivity contribution in [2.45, 2.75) is 36.7 Å². The maximum atomic E-state index is 11.9. The zero-order chi connectivity index (χ0) is 16.6. The number of hydrogen-bond donors (Lipinski definition) is 1. The Morgan fingerprint density at radius 2 is 1.82 bits per heavy atom. The summed E-state index contributed by atoms with van der Waals surface area (Å²) < 4.78 is 9.24. The van der Waals surface area contributed by atoms with Crippen molar-refractivity contribution in [3.8, 4) is 0 Å². The minimum atomic E-state index is -1.61. The van der Waals surface area contributed by atoms with Crippen LogP contribution in [0.2, 0.25) is 0 Å². The third-order valence-corrected chi connectivity index (χ3v) is 4.49. The highest BCUT2D eigenvalue weighted by atomic mass is 32.2. The van der Waals surface area contributed by atoms with Crippen LogP contribution in [0.5, 0.6) is 0 Å². The summed E-state index contributed by atoms with van der Waals surface area (Å²) in [6.45, 7) is 1.99. The molecular weight excluding hydrogens is 304 g/mol. The molecule has 22 heavy (non-hydrogen) atoms. The van der Waals surface area contributed by atoms with Crippen molar-refractivity contribution in [2.75, 3.05) is 20.0 Å². The molecule has 0 fully saturated rings. The number of esters is 2. The molecule has 1 atom stereocenters. The molecule has 122 valence electrons. The van der Waals surface area contributed by atoms with Crippen molar-refractivity contribution in [3.63, 3.8) is 0 Å². The molecule has 0 aliphatic heterocycles. The molecule has 1 N–H and O–H groups in total. The number of ether oxygens (including phenoxy) is 2. The zero-order valence-electron chi connectivity index (χ0n) is 13.1. The van der Waals surface area contributed by atoms with E-state index in [2.05, 4.69) is 9.47 Å². The van der Waals surface area contributed by atoms with Gasteiger partial charge in [-0.2, -0.15) is 0 Å². The Morgan fingerprint density at radius 3 is 2.36 bits per heavy atom. The van der Waals surface area contributed by atoms with Crippen LogP contribution >= 0.6 is 11.8 Å². The van der Waals surface area contributed by atoms with Crippen LogP contribution in [-0.2, 0) is 19.1 Å². The summed E-state index contributed by atoms with van der Waals surface area (Å²) in [7, 11) is 2.55. The standard InChI is InChI=1S/C16H22O5S/c1-12-6-8-13(9-7-12)22-11-16(19,15(18)21-3)10-4-5-14(17)20-2/h6-9,19H,4-5,10-11H2,1-3H3/t16-/m1/s1. The van der Waals surface area contributed by atoms with Gasteiger partial charge in [-0.25, -0.2) is 4.79 Å². The van der Waals surface area contributed by atoms with E-state index >= 15 is 0 Å². The SMILES string of the molecule is COC(=O)CCC[C@@](O)(CSc1ccc(C)cc1)C(=O)OC. The molecule has 1 rings (SSSR count). The Bertz CT molecular complexity index is 500. The van der Waals surface area contributed by atoms with Gasteiger partial charge in [0.2, 0.25) is 0 Å². The fraction of sp³-hybridized carbons (Fsp3) is 0.500. The van der Waals surface area contributed by atoms with E-state index in [4.69, 9.17) is 0 Å². The first kappa shape index (κ1) is 18.5. The molecule has 1 aromatic carbocycles. The van der Waals surface area contributed by atoms with Crippen molar-refractivity contribution in [3.05, 3.63) is 29.8 Å². The summed E-state index contributed by atoms with van der Waals surface area (Å²) in [4.78, 5) is 23.9. The predicted octanol–water partition coefficient (Wildman–Crippen LogP) is 2.33. The van der Waals surface area contributed by atoms with Gasteiger partial charge in [-0.05, 0) is 31.9 Å². The van der Waals surface area contributed by atoms with Crippen LogP contribution in [0.1, 0.15) is 24.8 Å². The minimum absolute atomic E-state index is 0.146. The van der Waals surface area contributed by atoms with Gasteiger partial charge in [0.25, 0.3) is 0 Å². The monoisotopic (exact) mass is 326 g/mol. The van der Waals surface area contributed by atoms with Crippen molar-refractivity contribution in [1.29, 1.82) is 0 Å². The average molecular weight is 326 g/mol. The predicted molar refractivity (Wildman–Crippen MR) is 84.7 cm³/mol. The number of benzene rings is 1. The number of methoxy groups -OCH3 is 2. The Morgan fingerprint density at radius 1 is 1.18 bits per heavy atom. The Labute approximate surface area is 135 Å². The molecule has 6 heteroatoms. The van der Waals surface area contributed by atoms with E-state index in [0.29, 0.717) is 6.42 Å². The highest BCUT2D eigenvalue weighted by Crippen LogP contribution is 2.27. The maximum absolute atomic E-state index is 11.9. The lowest BCUT2D eigenvalue weighted by molar-refractivity contribution is -0.161. The molecule has 0 aliphatic rings. The molecule has 1 aromatic rings. The number of carbonyl (C=O) groups is 2. The van der Waals surface area contributed by atoms with Gasteiger partial charge in [-0.1, -0.05) is 17.7 Å². The van der Waals surface area contributed by atoms with E-state index in [-0.39, 0.29) is 24.6 Å². The van der Waals surface area contributed by atoms with Gasteiger partial charge in [-0.3, -0.25) is 4.79 Å². The highest BCUT2D eigenvalue weighted by Gasteiger charge is 2.37. The van der Waals surface area contributed by atoms with Crippen molar-refractivity contribution in [1.82, 2.24) is 0 Å². The highest BCUT2D eigenvalue weighted by molar-refractivity contribution is 7.99. The quantitative estimate of drug-likeness (QED) is 0.584. The maximum Gasteiger partial charge on any atom is 0.338 e. The summed E-state index contributed by atoms with van der Waals surface area (Å²) >= 11 is 1.38. The van der Waals surface area contributed by atoms with Gasteiger partial charge in [0.05, 0.1) is 14.2 Å². The van der Waals surface area contributed by atoms with Crippen molar-refractivity contribution in [2.24, 2.45) is 0 Å². The molecular formula is C16H22O5S. The van der Waals surface area contributed by atoms with E-state index < -0.39 is 11.6 Å². The summed E-state index contributed by atoms with van der Waals surface area (Å²) in [5, 5.41) is 10.5. The topological polar surface area (TPSA) is 72.8 Å². The molecule has 0 heterocycles. The molecule has 0 saturated heterocycles. The van der Waals surface area contributed by atoms with Crippen LogP contribution in [0.15, 0.2) is 29.2 Å². The number of aliphatic hydroxyl groups is 1. The molecule has 0 spiro atoms. The van der Waals surface area contributed by atoms with Crippen LogP contribution in [0.25, 0.3) is 0 Å². The summed E-state index contributed by atoms with van der Waals surface area (Å²) in [6, 6.07) is 7.81. The summed E-state index contributed by atoms with van der Waals surface area (Å²) in [5.41, 5.74) is -0.469. The third-order valence-electron chi connectivity index (χ3n) is 3.26. The Balaban J connectivity index is 2.64. The average Bonchev–Trinajstić information content (AvgIpc) is 2.53. The van der Waals surface area contributed by atoms with Crippen LogP contribution in [-0.4, -0.2) is 42.6 Å². The molecule has 0 aliphatic carbocycles. The Hall–Kier alpha value is -1.53. The lowest BCUT2D eigenvalue weighted by Gasteiger charge is -2.24. The molecule has 0 amide bonds. The first-order valence-corrected chi connectivity index (χ1v) is 7.97. The van der Waals surface area contributed by atoms with Gasteiger partial charge >= 0.3 is 11.9 Å². The van der Waals surface area contributed by atoms with E-state index in [1.165, 1.54) is 26.0 Å². The zero-order valence-corrected chi connectivity index (χ0v) is 13.9. The number of thioether (sulfide) groups is 1. The molecule has 5 nitrogen and oxygen atoms in total. The van der Waals surface area contributed by atoms with E-state index in [1.54, 1.807) is 0 Å². The minimum Gasteiger partial charge on any atom is -0.469 e. The van der Waals surface area contributed by atoms with E-state index in [1.807, 2.05) is 31.2 Å². The van der Waals surface area contributed by atoms with E-state index in [9.17, 15) is 14.7 Å². The summed E-state index contributed by atoms with van der Waals surface area (Å²) in [6.07, 6.45) is 0.658. The second kappa shape index (κ2) is 8.80. The first-order chi connectivity index (χ1) is 10.4. The molecule has 0 aromatic heterocycles. The number of rotatable bonds is 8. The molecule has 0 bridgehead atoms. The lowest BCUT2D eigenvalue weighted by Crippen LogP contribution is -2.42. The second-order valence-corrected chi connectivity index (χ2v) is 6.10. The summed E-state index contributed by atoms with van der Waals surface area (Å²) in [5.74, 6) is -0.875. The number of aryl methyl sites for hydroxylation is 1. The van der Waals surface area contributed by atoms with Crippen molar-refractivity contribution < 1.29 is 24.2 Å². The van der Waals surface area contributed by atoms with Gasteiger partial charge in [0, 0.05) is 17.1 Å². The van der Waals surface area contributed by atoms with Crippen LogP contribution in [0, 0.1) is 6.92 Å². The normalized spacial score (nSPS) is 13.3. The molecule has 0 saturated carbocycles. The van der Waals surface area contributed by atoms with Crippen molar-refractivity contribution >= 4 is 23.7 Å². The smallest absolute Gasteiger partial charge is 0.338 e. The number of carbonyl (C=O) groups excluding carboxylic acids is 2. The van der Waals surface area contributed by atoms with E-state index in [0.717, 1.165) is 10.5 Å². The third kappa shape index (κ3) is 5.69. The lowest BCUT2D eigenvalue weighted by atomic mass is 9.99. The Kier molecular flexibility index (Phi) is 7.41. The van der Waals surface area contributed by atoms with Crippen LogP contribution in [0.3, 0.4) is 0 Å². The molecule has 0 radical (unpaired) electrons. The number of hydrogen-bond acceptors (Lipinski definition) is 6. The van der Waals surface area contributed by atoms with Crippen LogP contribution in [0.4, 0.5) is 0 Å². The van der Waals surface area contributed by atoms with Gasteiger partial charge in [-0.15, -0.1) is 11.8 Å². The van der Waals surface area contributed by atoms with Crippen LogP contribution < -0.4 is 0 Å². The first-order valence-electron chi connectivity index (χ1n) is 6.98. The van der Waals surface area contributed by atoms with Gasteiger partial charge in [0.15, 0.2) is 5.60 Å².